The topological polar surface area (TPSA) is 0 Å². The SMILES string of the molecule is C=CCC1CCC(C2(C3C4C=C(C(C)(C)C)C=CC4C4C=CC(C(C)(C)C)=CC43)CCC2)C1. The summed E-state index contributed by atoms with van der Waals surface area (Å²) in [4.78, 5) is 0. The van der Waals surface area contributed by atoms with Gasteiger partial charge in [-0.2, -0.15) is 0 Å². The summed E-state index contributed by atoms with van der Waals surface area (Å²) in [6.45, 7) is 18.4. The minimum absolute atomic E-state index is 0.233. The van der Waals surface area contributed by atoms with Crippen molar-refractivity contribution in [3.63, 3.8) is 0 Å². The summed E-state index contributed by atoms with van der Waals surface area (Å²) in [5, 5.41) is 0. The van der Waals surface area contributed by atoms with Gasteiger partial charge in [0.15, 0.2) is 0 Å². The van der Waals surface area contributed by atoms with Gasteiger partial charge in [0, 0.05) is 0 Å². The van der Waals surface area contributed by atoms with Gasteiger partial charge < -0.3 is 0 Å². The molecule has 0 aliphatic heterocycles. The van der Waals surface area contributed by atoms with Crippen molar-refractivity contribution >= 4 is 0 Å². The zero-order chi connectivity index (χ0) is 23.6. The van der Waals surface area contributed by atoms with E-state index in [4.69, 9.17) is 0 Å². The van der Waals surface area contributed by atoms with E-state index in [0.29, 0.717) is 29.1 Å². The fraction of sp³-hybridized carbons (Fsp3) is 0.697. The van der Waals surface area contributed by atoms with Gasteiger partial charge in [-0.05, 0) is 107 Å². The average molecular weight is 445 g/mol. The summed E-state index contributed by atoms with van der Waals surface area (Å²) >= 11 is 0. The first-order valence-corrected chi connectivity index (χ1v) is 14.0. The van der Waals surface area contributed by atoms with Gasteiger partial charge in [0.1, 0.15) is 0 Å². The standard InChI is InChI=1S/C33H48/c1-8-10-22-11-12-25(19-22)33(17-9-18-33)30-28-20-23(31(2,3)4)13-15-26(28)27-16-14-24(21-29(27)30)32(5,6)7/h8,13-16,20-22,25-30H,1,9-12,17-19H2,2-7H3. The minimum atomic E-state index is 0.233. The lowest BCUT2D eigenvalue weighted by Gasteiger charge is -2.55. The van der Waals surface area contributed by atoms with Crippen molar-refractivity contribution in [2.24, 2.45) is 57.7 Å². The van der Waals surface area contributed by atoms with E-state index < -0.39 is 0 Å². The lowest BCUT2D eigenvalue weighted by molar-refractivity contribution is -0.0434. The molecular weight excluding hydrogens is 396 g/mol. The van der Waals surface area contributed by atoms with Gasteiger partial charge in [0.05, 0.1) is 0 Å². The summed E-state index contributed by atoms with van der Waals surface area (Å²) in [5.41, 5.74) is 4.17. The number of rotatable bonds is 4. The van der Waals surface area contributed by atoms with Crippen molar-refractivity contribution in [2.45, 2.75) is 86.5 Å². The molecule has 0 aromatic rings. The zero-order valence-electron chi connectivity index (χ0n) is 22.2. The number of hydrogen-bond donors (Lipinski definition) is 0. The monoisotopic (exact) mass is 444 g/mol. The molecule has 0 heteroatoms. The molecule has 6 unspecified atom stereocenters. The Morgan fingerprint density at radius 1 is 0.848 bits per heavy atom. The van der Waals surface area contributed by atoms with Gasteiger partial charge in [-0.1, -0.05) is 90.5 Å². The lowest BCUT2D eigenvalue weighted by atomic mass is 9.49. The highest BCUT2D eigenvalue weighted by molar-refractivity contribution is 5.40. The number of allylic oxidation sites excluding steroid dienone is 9. The van der Waals surface area contributed by atoms with Gasteiger partial charge in [-0.3, -0.25) is 0 Å². The summed E-state index contributed by atoms with van der Waals surface area (Å²) in [6, 6.07) is 0. The van der Waals surface area contributed by atoms with E-state index in [1.165, 1.54) is 44.9 Å². The molecule has 6 atom stereocenters. The van der Waals surface area contributed by atoms with Crippen LogP contribution in [0.25, 0.3) is 0 Å². The van der Waals surface area contributed by atoms with Crippen LogP contribution in [0.4, 0.5) is 0 Å². The van der Waals surface area contributed by atoms with Crippen LogP contribution < -0.4 is 0 Å². The predicted octanol–water partition coefficient (Wildman–Crippen LogP) is 9.33. The average Bonchev–Trinajstić information content (AvgIpc) is 3.29. The fourth-order valence-corrected chi connectivity index (χ4v) is 8.56. The molecule has 3 saturated carbocycles. The van der Waals surface area contributed by atoms with E-state index >= 15 is 0 Å². The molecule has 0 aromatic carbocycles. The summed E-state index contributed by atoms with van der Waals surface area (Å²) in [5.74, 6) is 5.40. The van der Waals surface area contributed by atoms with Crippen LogP contribution in [0, 0.1) is 57.7 Å². The molecule has 0 aromatic heterocycles. The molecule has 0 N–H and O–H groups in total. The smallest absolute Gasteiger partial charge is 0.00952 e. The number of fused-ring (bicyclic) bond motifs is 3. The third kappa shape index (κ3) is 3.88. The second-order valence-corrected chi connectivity index (χ2v) is 14.3. The van der Waals surface area contributed by atoms with E-state index in [-0.39, 0.29) is 10.8 Å². The van der Waals surface area contributed by atoms with Crippen molar-refractivity contribution in [1.29, 1.82) is 0 Å². The van der Waals surface area contributed by atoms with Crippen molar-refractivity contribution in [3.05, 3.63) is 60.3 Å². The molecule has 0 spiro atoms. The molecule has 0 saturated heterocycles. The van der Waals surface area contributed by atoms with Crippen LogP contribution in [0.5, 0.6) is 0 Å². The molecule has 5 rings (SSSR count). The van der Waals surface area contributed by atoms with Crippen LogP contribution >= 0.6 is 0 Å². The Hall–Kier alpha value is -1.30. The highest BCUT2D eigenvalue weighted by atomic mass is 14.6. The summed E-state index contributed by atoms with van der Waals surface area (Å²) in [7, 11) is 0. The molecule has 0 radical (unpaired) electrons. The van der Waals surface area contributed by atoms with Gasteiger partial charge in [-0.15, -0.1) is 6.58 Å². The molecule has 5 aliphatic carbocycles. The molecule has 0 amide bonds. The number of hydrogen-bond acceptors (Lipinski definition) is 0. The first-order valence-electron chi connectivity index (χ1n) is 14.0. The molecule has 3 fully saturated rings. The van der Waals surface area contributed by atoms with Crippen LogP contribution in [-0.4, -0.2) is 0 Å². The van der Waals surface area contributed by atoms with Crippen LogP contribution in [0.15, 0.2) is 60.3 Å². The van der Waals surface area contributed by atoms with Crippen molar-refractivity contribution in [1.82, 2.24) is 0 Å². The molecule has 0 heterocycles. The van der Waals surface area contributed by atoms with E-state index in [2.05, 4.69) is 90.7 Å². The van der Waals surface area contributed by atoms with Gasteiger partial charge in [-0.25, -0.2) is 0 Å². The van der Waals surface area contributed by atoms with Crippen LogP contribution in [-0.2, 0) is 0 Å². The Bertz CT molecular complexity index is 835. The summed E-state index contributed by atoms with van der Waals surface area (Å²) < 4.78 is 0. The zero-order valence-corrected chi connectivity index (χ0v) is 22.2. The van der Waals surface area contributed by atoms with Gasteiger partial charge in [0.2, 0.25) is 0 Å². The Balaban J connectivity index is 1.57. The van der Waals surface area contributed by atoms with Crippen LogP contribution in [0.3, 0.4) is 0 Å². The molecule has 0 bridgehead atoms. The maximum Gasteiger partial charge on any atom is -0.00952 e. The maximum absolute atomic E-state index is 4.06. The third-order valence-corrected chi connectivity index (χ3v) is 10.4. The largest absolute Gasteiger partial charge is 0.103 e. The molecule has 180 valence electrons. The van der Waals surface area contributed by atoms with Crippen molar-refractivity contribution < 1.29 is 0 Å². The van der Waals surface area contributed by atoms with Gasteiger partial charge >= 0.3 is 0 Å². The van der Waals surface area contributed by atoms with Crippen LogP contribution in [0.2, 0.25) is 0 Å². The normalized spacial score (nSPS) is 39.4. The Kier molecular flexibility index (Phi) is 5.78. The van der Waals surface area contributed by atoms with Gasteiger partial charge in [0.25, 0.3) is 0 Å². The Labute approximate surface area is 204 Å². The summed E-state index contributed by atoms with van der Waals surface area (Å²) in [6.07, 6.45) is 27.9. The lowest BCUT2D eigenvalue weighted by Crippen LogP contribution is -2.47. The van der Waals surface area contributed by atoms with E-state index in [0.717, 1.165) is 17.8 Å². The fourth-order valence-electron chi connectivity index (χ4n) is 8.56. The van der Waals surface area contributed by atoms with Crippen molar-refractivity contribution in [2.75, 3.05) is 0 Å². The highest BCUT2D eigenvalue weighted by Gasteiger charge is 2.61. The predicted molar refractivity (Wildman–Crippen MR) is 143 cm³/mol. The second kappa shape index (κ2) is 8.13. The first kappa shape index (κ1) is 23.4. The minimum Gasteiger partial charge on any atom is -0.103 e. The molecule has 33 heavy (non-hydrogen) atoms. The molecular formula is C33H48. The Morgan fingerprint density at radius 2 is 1.39 bits per heavy atom. The highest BCUT2D eigenvalue weighted by Crippen LogP contribution is 2.68. The third-order valence-electron chi connectivity index (χ3n) is 10.4. The molecule has 5 aliphatic rings. The van der Waals surface area contributed by atoms with Crippen molar-refractivity contribution in [3.8, 4) is 0 Å². The maximum atomic E-state index is 4.06. The first-order chi connectivity index (χ1) is 15.5. The Morgan fingerprint density at radius 3 is 1.82 bits per heavy atom. The van der Waals surface area contributed by atoms with E-state index in [1.807, 2.05) is 0 Å². The quantitative estimate of drug-likeness (QED) is 0.379. The van der Waals surface area contributed by atoms with Crippen LogP contribution in [0.1, 0.15) is 86.5 Å². The molecule has 0 nitrogen and oxygen atoms in total. The van der Waals surface area contributed by atoms with E-state index in [1.54, 1.807) is 11.1 Å². The second-order valence-electron chi connectivity index (χ2n) is 14.3. The van der Waals surface area contributed by atoms with E-state index in [9.17, 15) is 0 Å².